The molecule has 0 heterocycles. The maximum Gasteiger partial charge on any atom is 0.408 e. The summed E-state index contributed by atoms with van der Waals surface area (Å²) in [5.74, 6) is -0.660. The number of alkyl halides is 1. The molecule has 0 aromatic rings. The topological polar surface area (TPSA) is 93.7 Å². The van der Waals surface area contributed by atoms with Crippen LogP contribution < -0.4 is 10.6 Å². The number of carbonyl (C=O) groups is 3. The first-order chi connectivity index (χ1) is 11.2. The highest BCUT2D eigenvalue weighted by Gasteiger charge is 2.28. The normalized spacial score (nSPS) is 14.2. The molecular formula is C17H31BrN2O5. The number of hydrogen-bond acceptors (Lipinski definition) is 5. The largest absolute Gasteiger partial charge is 0.458 e. The van der Waals surface area contributed by atoms with E-state index in [1.54, 1.807) is 48.5 Å². The van der Waals surface area contributed by atoms with E-state index in [4.69, 9.17) is 9.47 Å². The highest BCUT2D eigenvalue weighted by Crippen LogP contribution is 2.12. The van der Waals surface area contributed by atoms with Crippen LogP contribution in [0.5, 0.6) is 0 Å². The number of nitrogens with one attached hydrogen (secondary N) is 2. The second kappa shape index (κ2) is 9.99. The summed E-state index contributed by atoms with van der Waals surface area (Å²) in [6.45, 7) is 12.6. The Labute approximate surface area is 158 Å². The molecule has 146 valence electrons. The molecule has 1 unspecified atom stereocenters. The van der Waals surface area contributed by atoms with Gasteiger partial charge in [0.25, 0.3) is 0 Å². The Morgan fingerprint density at radius 3 is 1.96 bits per heavy atom. The van der Waals surface area contributed by atoms with Crippen LogP contribution in [0.4, 0.5) is 4.79 Å². The van der Waals surface area contributed by atoms with Crippen molar-refractivity contribution in [2.75, 3.05) is 6.54 Å². The highest BCUT2D eigenvalue weighted by atomic mass is 79.9. The number of halogens is 1. The molecular weight excluding hydrogens is 392 g/mol. The molecule has 0 aliphatic heterocycles. The standard InChI is InChI=1S/C17H31BrN2O5/c1-11(18)13(21)19-10-8-9-12(14(22)24-16(2,3)4)20-15(23)25-17(5,6)7/h11-12H,8-10H2,1-7H3,(H,19,21)(H,20,23)/t11?,12-/m0/s1. The fraction of sp³-hybridized carbons (Fsp3) is 0.824. The Morgan fingerprint density at radius 2 is 1.52 bits per heavy atom. The van der Waals surface area contributed by atoms with Crippen molar-refractivity contribution in [3.8, 4) is 0 Å². The molecule has 0 saturated carbocycles. The Morgan fingerprint density at radius 1 is 1.00 bits per heavy atom. The quantitative estimate of drug-likeness (QED) is 0.373. The molecule has 8 heteroatoms. The molecule has 0 rings (SSSR count). The predicted octanol–water partition coefficient (Wildman–Crippen LogP) is 2.90. The van der Waals surface area contributed by atoms with Gasteiger partial charge >= 0.3 is 12.1 Å². The molecule has 0 radical (unpaired) electrons. The summed E-state index contributed by atoms with van der Waals surface area (Å²) >= 11 is 3.18. The molecule has 0 fully saturated rings. The summed E-state index contributed by atoms with van der Waals surface area (Å²) in [5, 5.41) is 5.28. The number of amides is 2. The van der Waals surface area contributed by atoms with Crippen molar-refractivity contribution < 1.29 is 23.9 Å². The van der Waals surface area contributed by atoms with Crippen molar-refractivity contribution in [2.45, 2.75) is 83.4 Å². The van der Waals surface area contributed by atoms with Gasteiger partial charge in [-0.2, -0.15) is 0 Å². The van der Waals surface area contributed by atoms with Crippen molar-refractivity contribution in [1.29, 1.82) is 0 Å². The molecule has 2 N–H and O–H groups in total. The molecule has 0 spiro atoms. The van der Waals surface area contributed by atoms with Gasteiger partial charge in [0.15, 0.2) is 0 Å². The molecule has 0 aliphatic rings. The number of esters is 1. The number of alkyl carbamates (subject to hydrolysis) is 1. The van der Waals surface area contributed by atoms with Crippen molar-refractivity contribution in [2.24, 2.45) is 0 Å². The van der Waals surface area contributed by atoms with Crippen LogP contribution in [-0.2, 0) is 19.1 Å². The first-order valence-corrected chi connectivity index (χ1v) is 9.27. The fourth-order valence-electron chi connectivity index (χ4n) is 1.73. The van der Waals surface area contributed by atoms with E-state index < -0.39 is 29.3 Å². The molecule has 0 aliphatic carbocycles. The maximum absolute atomic E-state index is 12.3. The zero-order chi connectivity index (χ0) is 19.8. The van der Waals surface area contributed by atoms with Crippen LogP contribution in [0.15, 0.2) is 0 Å². The average Bonchev–Trinajstić information content (AvgIpc) is 2.37. The van der Waals surface area contributed by atoms with E-state index in [0.29, 0.717) is 19.4 Å². The Bertz CT molecular complexity index is 467. The summed E-state index contributed by atoms with van der Waals surface area (Å²) < 4.78 is 10.5. The number of ether oxygens (including phenoxy) is 2. The van der Waals surface area contributed by atoms with Gasteiger partial charge in [-0.25, -0.2) is 9.59 Å². The lowest BCUT2D eigenvalue weighted by Gasteiger charge is -2.26. The van der Waals surface area contributed by atoms with Crippen LogP contribution in [0.25, 0.3) is 0 Å². The van der Waals surface area contributed by atoms with E-state index in [1.165, 1.54) is 0 Å². The Hall–Kier alpha value is -1.31. The first kappa shape index (κ1) is 23.7. The predicted molar refractivity (Wildman–Crippen MR) is 99.6 cm³/mol. The minimum atomic E-state index is -0.840. The van der Waals surface area contributed by atoms with Crippen LogP contribution in [0.3, 0.4) is 0 Å². The van der Waals surface area contributed by atoms with Crippen LogP contribution in [0.2, 0.25) is 0 Å². The monoisotopic (exact) mass is 422 g/mol. The van der Waals surface area contributed by atoms with Gasteiger partial charge in [-0.05, 0) is 61.3 Å². The van der Waals surface area contributed by atoms with E-state index in [1.807, 2.05) is 0 Å². The lowest BCUT2D eigenvalue weighted by Crippen LogP contribution is -2.46. The van der Waals surface area contributed by atoms with Crippen LogP contribution in [0.1, 0.15) is 61.3 Å². The zero-order valence-electron chi connectivity index (χ0n) is 16.2. The first-order valence-electron chi connectivity index (χ1n) is 8.35. The highest BCUT2D eigenvalue weighted by molar-refractivity contribution is 9.10. The zero-order valence-corrected chi connectivity index (χ0v) is 17.8. The van der Waals surface area contributed by atoms with Crippen molar-refractivity contribution in [3.05, 3.63) is 0 Å². The van der Waals surface area contributed by atoms with Crippen molar-refractivity contribution in [1.82, 2.24) is 10.6 Å². The molecule has 7 nitrogen and oxygen atoms in total. The summed E-state index contributed by atoms with van der Waals surface area (Å²) in [6, 6.07) is -0.840. The van der Waals surface area contributed by atoms with Crippen LogP contribution in [0, 0.1) is 0 Å². The minimum Gasteiger partial charge on any atom is -0.458 e. The fourth-order valence-corrected chi connectivity index (χ4v) is 1.89. The molecule has 0 aromatic carbocycles. The molecule has 25 heavy (non-hydrogen) atoms. The summed E-state index contributed by atoms with van der Waals surface area (Å²) in [6.07, 6.45) is 0.150. The number of rotatable bonds is 7. The lowest BCUT2D eigenvalue weighted by atomic mass is 10.1. The van der Waals surface area contributed by atoms with Crippen molar-refractivity contribution >= 4 is 33.9 Å². The van der Waals surface area contributed by atoms with Gasteiger partial charge in [-0.15, -0.1) is 0 Å². The molecule has 2 atom stereocenters. The number of hydrogen-bond donors (Lipinski definition) is 2. The molecule has 0 bridgehead atoms. The molecule has 2 amide bonds. The van der Waals surface area contributed by atoms with Crippen LogP contribution >= 0.6 is 15.9 Å². The van der Waals surface area contributed by atoms with E-state index in [9.17, 15) is 14.4 Å². The summed E-state index contributed by atoms with van der Waals surface area (Å²) in [7, 11) is 0. The van der Waals surface area contributed by atoms with E-state index in [0.717, 1.165) is 0 Å². The Balaban J connectivity index is 4.70. The van der Waals surface area contributed by atoms with E-state index >= 15 is 0 Å². The maximum atomic E-state index is 12.3. The minimum absolute atomic E-state index is 0.131. The SMILES string of the molecule is CC(Br)C(=O)NCCC[C@H](NC(=O)OC(C)(C)C)C(=O)OC(C)(C)C. The molecule has 0 saturated heterocycles. The van der Waals surface area contributed by atoms with E-state index in [-0.39, 0.29) is 10.7 Å². The van der Waals surface area contributed by atoms with Gasteiger partial charge in [0, 0.05) is 6.54 Å². The smallest absolute Gasteiger partial charge is 0.408 e. The van der Waals surface area contributed by atoms with Crippen LogP contribution in [-0.4, -0.2) is 46.6 Å². The average molecular weight is 423 g/mol. The van der Waals surface area contributed by atoms with Gasteiger partial charge in [0.05, 0.1) is 4.83 Å². The second-order valence-electron chi connectivity index (χ2n) is 7.78. The Kier molecular flexibility index (Phi) is 9.47. The number of carbonyl (C=O) groups excluding carboxylic acids is 3. The molecule has 0 aromatic heterocycles. The lowest BCUT2D eigenvalue weighted by molar-refractivity contribution is -0.157. The van der Waals surface area contributed by atoms with Gasteiger partial charge in [0.2, 0.25) is 5.91 Å². The van der Waals surface area contributed by atoms with Gasteiger partial charge in [-0.1, -0.05) is 15.9 Å². The third-order valence-corrected chi connectivity index (χ3v) is 3.13. The van der Waals surface area contributed by atoms with Gasteiger partial charge in [0.1, 0.15) is 17.2 Å². The van der Waals surface area contributed by atoms with Gasteiger partial charge < -0.3 is 20.1 Å². The second-order valence-corrected chi connectivity index (χ2v) is 9.16. The third kappa shape index (κ3) is 12.7. The third-order valence-electron chi connectivity index (χ3n) is 2.71. The summed E-state index contributed by atoms with van der Waals surface area (Å²) in [4.78, 5) is 35.5. The summed E-state index contributed by atoms with van der Waals surface area (Å²) in [5.41, 5.74) is -1.33. The van der Waals surface area contributed by atoms with E-state index in [2.05, 4.69) is 26.6 Å². The van der Waals surface area contributed by atoms with Crippen molar-refractivity contribution in [3.63, 3.8) is 0 Å². The van der Waals surface area contributed by atoms with Gasteiger partial charge in [-0.3, -0.25) is 4.79 Å².